The van der Waals surface area contributed by atoms with E-state index < -0.39 is 10.0 Å². The van der Waals surface area contributed by atoms with Crippen LogP contribution in [-0.4, -0.2) is 28.7 Å². The molecule has 0 saturated carbocycles. The van der Waals surface area contributed by atoms with Crippen molar-refractivity contribution in [1.82, 2.24) is 4.72 Å². The van der Waals surface area contributed by atoms with Crippen LogP contribution in [0, 0.1) is 3.57 Å². The highest BCUT2D eigenvalue weighted by Gasteiger charge is 2.12. The predicted octanol–water partition coefficient (Wildman–Crippen LogP) is 1.61. The van der Waals surface area contributed by atoms with Crippen LogP contribution in [0.4, 0.5) is 0 Å². The first kappa shape index (κ1) is 13.9. The number of halogens is 1. The molecule has 0 atom stereocenters. The van der Waals surface area contributed by atoms with Gasteiger partial charge in [-0.05, 0) is 53.3 Å². The molecule has 0 saturated heterocycles. The highest BCUT2D eigenvalue weighted by atomic mass is 127. The molecule has 90 valence electrons. The summed E-state index contributed by atoms with van der Waals surface area (Å²) in [6.07, 6.45) is 0.667. The van der Waals surface area contributed by atoms with Gasteiger partial charge in [-0.3, -0.25) is 0 Å². The molecular formula is C10H14INO3S. The van der Waals surface area contributed by atoms with Crippen molar-refractivity contribution in [2.75, 3.05) is 20.3 Å². The third kappa shape index (κ3) is 4.36. The summed E-state index contributed by atoms with van der Waals surface area (Å²) in [4.78, 5) is 0.297. The molecule has 1 aromatic carbocycles. The molecule has 0 radical (unpaired) electrons. The fourth-order valence-corrected chi connectivity index (χ4v) is 2.55. The van der Waals surface area contributed by atoms with Crippen LogP contribution in [0.15, 0.2) is 29.2 Å². The largest absolute Gasteiger partial charge is 0.385 e. The van der Waals surface area contributed by atoms with Crippen LogP contribution in [0.1, 0.15) is 6.42 Å². The Kier molecular flexibility index (Phi) is 5.67. The lowest BCUT2D eigenvalue weighted by atomic mass is 10.4. The van der Waals surface area contributed by atoms with E-state index in [0.29, 0.717) is 24.5 Å². The van der Waals surface area contributed by atoms with Crippen LogP contribution in [0.5, 0.6) is 0 Å². The van der Waals surface area contributed by atoms with Gasteiger partial charge in [0.05, 0.1) is 4.90 Å². The van der Waals surface area contributed by atoms with E-state index in [4.69, 9.17) is 4.74 Å². The van der Waals surface area contributed by atoms with Gasteiger partial charge in [-0.1, -0.05) is 0 Å². The van der Waals surface area contributed by atoms with E-state index in [1.54, 1.807) is 31.4 Å². The van der Waals surface area contributed by atoms with Gasteiger partial charge >= 0.3 is 0 Å². The van der Waals surface area contributed by atoms with Crippen LogP contribution in [0.2, 0.25) is 0 Å². The van der Waals surface area contributed by atoms with Gasteiger partial charge in [0, 0.05) is 23.8 Å². The molecule has 0 aliphatic carbocycles. The maximum Gasteiger partial charge on any atom is 0.240 e. The molecular weight excluding hydrogens is 341 g/mol. The molecule has 0 bridgehead atoms. The molecule has 0 amide bonds. The van der Waals surface area contributed by atoms with E-state index in [0.717, 1.165) is 3.57 Å². The third-order valence-corrected chi connectivity index (χ3v) is 4.14. The molecule has 0 fully saturated rings. The molecule has 1 N–H and O–H groups in total. The number of methoxy groups -OCH3 is 1. The number of rotatable bonds is 6. The summed E-state index contributed by atoms with van der Waals surface area (Å²) in [5, 5.41) is 0. The van der Waals surface area contributed by atoms with E-state index >= 15 is 0 Å². The van der Waals surface area contributed by atoms with Gasteiger partial charge in [0.15, 0.2) is 0 Å². The maximum absolute atomic E-state index is 11.8. The lowest BCUT2D eigenvalue weighted by Gasteiger charge is -2.06. The number of sulfonamides is 1. The fourth-order valence-electron chi connectivity index (χ4n) is 1.12. The Morgan fingerprint density at radius 3 is 2.50 bits per heavy atom. The van der Waals surface area contributed by atoms with Crippen LogP contribution in [-0.2, 0) is 14.8 Å². The van der Waals surface area contributed by atoms with Crippen molar-refractivity contribution < 1.29 is 13.2 Å². The molecule has 0 unspecified atom stereocenters. The zero-order valence-electron chi connectivity index (χ0n) is 8.94. The second kappa shape index (κ2) is 6.53. The second-order valence-corrected chi connectivity index (χ2v) is 6.21. The molecule has 0 aromatic heterocycles. The number of nitrogens with one attached hydrogen (secondary N) is 1. The first-order valence-electron chi connectivity index (χ1n) is 4.80. The van der Waals surface area contributed by atoms with Crippen molar-refractivity contribution in [3.05, 3.63) is 27.8 Å². The van der Waals surface area contributed by atoms with E-state index in [1.165, 1.54) is 0 Å². The van der Waals surface area contributed by atoms with Crippen LogP contribution in [0.25, 0.3) is 0 Å². The SMILES string of the molecule is COCCCNS(=O)(=O)c1ccc(I)cc1. The van der Waals surface area contributed by atoms with Gasteiger partial charge in [0.25, 0.3) is 0 Å². The van der Waals surface area contributed by atoms with Crippen LogP contribution in [0.3, 0.4) is 0 Å². The molecule has 0 aliphatic heterocycles. The Hall–Kier alpha value is -0.180. The minimum absolute atomic E-state index is 0.297. The zero-order chi connectivity index (χ0) is 12.0. The number of ether oxygens (including phenoxy) is 1. The Labute approximate surface area is 110 Å². The first-order chi connectivity index (χ1) is 7.56. The van der Waals surface area contributed by atoms with Gasteiger partial charge in [0.2, 0.25) is 10.0 Å². The summed E-state index contributed by atoms with van der Waals surface area (Å²) >= 11 is 2.13. The maximum atomic E-state index is 11.8. The monoisotopic (exact) mass is 355 g/mol. The van der Waals surface area contributed by atoms with Crippen LogP contribution >= 0.6 is 22.6 Å². The summed E-state index contributed by atoms with van der Waals surface area (Å²) in [5.74, 6) is 0. The van der Waals surface area contributed by atoms with Crippen molar-refractivity contribution in [3.8, 4) is 0 Å². The molecule has 4 nitrogen and oxygen atoms in total. The Morgan fingerprint density at radius 1 is 1.31 bits per heavy atom. The van der Waals surface area contributed by atoms with Gasteiger partial charge in [-0.15, -0.1) is 0 Å². The highest BCUT2D eigenvalue weighted by molar-refractivity contribution is 14.1. The first-order valence-corrected chi connectivity index (χ1v) is 7.36. The summed E-state index contributed by atoms with van der Waals surface area (Å²) in [6, 6.07) is 6.73. The zero-order valence-corrected chi connectivity index (χ0v) is 11.9. The normalized spacial score (nSPS) is 11.6. The minimum Gasteiger partial charge on any atom is -0.385 e. The van der Waals surface area contributed by atoms with Crippen molar-refractivity contribution in [1.29, 1.82) is 0 Å². The smallest absolute Gasteiger partial charge is 0.240 e. The molecule has 16 heavy (non-hydrogen) atoms. The van der Waals surface area contributed by atoms with Crippen molar-refractivity contribution in [3.63, 3.8) is 0 Å². The van der Waals surface area contributed by atoms with E-state index in [9.17, 15) is 8.42 Å². The van der Waals surface area contributed by atoms with Gasteiger partial charge in [-0.25, -0.2) is 13.1 Å². The number of hydrogen-bond acceptors (Lipinski definition) is 3. The number of hydrogen-bond donors (Lipinski definition) is 1. The quantitative estimate of drug-likeness (QED) is 0.623. The summed E-state index contributed by atoms with van der Waals surface area (Å²) < 4.78 is 31.9. The average Bonchev–Trinajstić information content (AvgIpc) is 2.25. The van der Waals surface area contributed by atoms with Gasteiger partial charge < -0.3 is 4.74 Å². The highest BCUT2D eigenvalue weighted by Crippen LogP contribution is 2.11. The van der Waals surface area contributed by atoms with E-state index in [-0.39, 0.29) is 0 Å². The lowest BCUT2D eigenvalue weighted by Crippen LogP contribution is -2.25. The lowest BCUT2D eigenvalue weighted by molar-refractivity contribution is 0.196. The number of benzene rings is 1. The van der Waals surface area contributed by atoms with E-state index in [2.05, 4.69) is 27.3 Å². The Morgan fingerprint density at radius 2 is 1.94 bits per heavy atom. The standard InChI is InChI=1S/C10H14INO3S/c1-15-8-2-7-12-16(13,14)10-5-3-9(11)4-6-10/h3-6,12H,2,7-8H2,1H3. The summed E-state index contributed by atoms with van der Waals surface area (Å²) in [7, 11) is -1.78. The van der Waals surface area contributed by atoms with Crippen molar-refractivity contribution in [2.24, 2.45) is 0 Å². The average molecular weight is 355 g/mol. The Bertz CT molecular complexity index is 416. The fraction of sp³-hybridized carbons (Fsp3) is 0.400. The molecule has 6 heteroatoms. The third-order valence-electron chi connectivity index (χ3n) is 1.94. The predicted molar refractivity (Wildman–Crippen MR) is 70.8 cm³/mol. The molecule has 0 heterocycles. The molecule has 0 aliphatic rings. The summed E-state index contributed by atoms with van der Waals surface area (Å²) in [5.41, 5.74) is 0. The van der Waals surface area contributed by atoms with Gasteiger partial charge in [-0.2, -0.15) is 0 Å². The topological polar surface area (TPSA) is 55.4 Å². The van der Waals surface area contributed by atoms with Crippen molar-refractivity contribution in [2.45, 2.75) is 11.3 Å². The Balaban J connectivity index is 2.60. The van der Waals surface area contributed by atoms with Crippen molar-refractivity contribution >= 4 is 32.6 Å². The van der Waals surface area contributed by atoms with E-state index in [1.807, 2.05) is 0 Å². The van der Waals surface area contributed by atoms with Gasteiger partial charge in [0.1, 0.15) is 0 Å². The molecule has 0 spiro atoms. The minimum atomic E-state index is -3.37. The second-order valence-electron chi connectivity index (χ2n) is 3.20. The van der Waals surface area contributed by atoms with Crippen LogP contribution < -0.4 is 4.72 Å². The molecule has 1 aromatic rings. The molecule has 1 rings (SSSR count). The summed E-state index contributed by atoms with van der Waals surface area (Å²) in [6.45, 7) is 0.942.